The van der Waals surface area contributed by atoms with Crippen LogP contribution in [0, 0.1) is 0 Å². The van der Waals surface area contributed by atoms with Crippen molar-refractivity contribution in [3.05, 3.63) is 88.9 Å². The number of thioether (sulfide) groups is 1. The molecule has 1 aromatic rings. The van der Waals surface area contributed by atoms with Gasteiger partial charge in [0.2, 0.25) is 0 Å². The fourth-order valence-corrected chi connectivity index (χ4v) is 2.43. The van der Waals surface area contributed by atoms with Gasteiger partial charge in [-0.1, -0.05) is 73.0 Å². The van der Waals surface area contributed by atoms with Crippen LogP contribution in [0.15, 0.2) is 83.3 Å². The number of allylic oxidation sites excluding steroid dienone is 6. The van der Waals surface area contributed by atoms with E-state index in [1.165, 1.54) is 22.3 Å². The minimum Gasteiger partial charge on any atom is -0.0978 e. The fraction of sp³-hybridized carbons (Fsp3) is 0.200. The lowest BCUT2D eigenvalue weighted by Gasteiger charge is -2.07. The molecular formula is C20H24S. The lowest BCUT2D eigenvalue weighted by molar-refractivity contribution is 1.32. The summed E-state index contributed by atoms with van der Waals surface area (Å²) in [5, 5.41) is 2.16. The van der Waals surface area contributed by atoms with E-state index >= 15 is 0 Å². The number of hydrogen-bond donors (Lipinski definition) is 0. The maximum Gasteiger partial charge on any atom is 0.0116 e. The Morgan fingerprint density at radius 3 is 2.14 bits per heavy atom. The highest BCUT2D eigenvalue weighted by atomic mass is 32.2. The van der Waals surface area contributed by atoms with Crippen molar-refractivity contribution >= 4 is 16.7 Å². The van der Waals surface area contributed by atoms with Crippen LogP contribution in [0.2, 0.25) is 0 Å². The summed E-state index contributed by atoms with van der Waals surface area (Å²) in [4.78, 5) is 1.06. The highest BCUT2D eigenvalue weighted by molar-refractivity contribution is 8.10. The molecule has 0 spiro atoms. The molecular weight excluding hydrogens is 272 g/mol. The van der Waals surface area contributed by atoms with Crippen molar-refractivity contribution in [2.45, 2.75) is 27.7 Å². The summed E-state index contributed by atoms with van der Waals surface area (Å²) in [6, 6.07) is 10.3. The topological polar surface area (TPSA) is 0 Å². The Morgan fingerprint density at radius 2 is 1.62 bits per heavy atom. The van der Waals surface area contributed by atoms with Crippen molar-refractivity contribution < 1.29 is 0 Å². The average molecular weight is 296 g/mol. The van der Waals surface area contributed by atoms with Crippen LogP contribution in [0.4, 0.5) is 0 Å². The molecule has 0 N–H and O–H groups in total. The SMILES string of the molecule is C=C(C)/C(C)=C/C(=C\C)C(/C)=C/SC(=C)c1ccccc1. The molecule has 0 saturated heterocycles. The maximum absolute atomic E-state index is 4.14. The smallest absolute Gasteiger partial charge is 0.0116 e. The van der Waals surface area contributed by atoms with E-state index in [1.807, 2.05) is 25.1 Å². The monoisotopic (exact) mass is 296 g/mol. The summed E-state index contributed by atoms with van der Waals surface area (Å²) >= 11 is 1.67. The van der Waals surface area contributed by atoms with E-state index in [-0.39, 0.29) is 0 Å². The van der Waals surface area contributed by atoms with Gasteiger partial charge in [-0.3, -0.25) is 0 Å². The van der Waals surface area contributed by atoms with Gasteiger partial charge in [0.05, 0.1) is 0 Å². The summed E-state index contributed by atoms with van der Waals surface area (Å²) in [7, 11) is 0. The standard InChI is InChI=1S/C20H24S/c1-7-19(13-16(4)15(2)3)17(5)14-21-18(6)20-11-9-8-10-12-20/h7-14H,2,6H2,1,3-5H3/b16-13+,17-14+,19-7+. The zero-order valence-corrected chi connectivity index (χ0v) is 14.3. The summed E-state index contributed by atoms with van der Waals surface area (Å²) < 4.78 is 0. The van der Waals surface area contributed by atoms with Gasteiger partial charge in [0.1, 0.15) is 0 Å². The first-order valence-corrected chi connectivity index (χ1v) is 7.92. The van der Waals surface area contributed by atoms with E-state index in [4.69, 9.17) is 0 Å². The predicted molar refractivity (Wildman–Crippen MR) is 99.2 cm³/mol. The van der Waals surface area contributed by atoms with Crippen LogP contribution in [-0.4, -0.2) is 0 Å². The van der Waals surface area contributed by atoms with Gasteiger partial charge in [0, 0.05) is 4.91 Å². The first-order chi connectivity index (χ1) is 9.95. The fourth-order valence-electron chi connectivity index (χ4n) is 1.70. The van der Waals surface area contributed by atoms with Gasteiger partial charge in [-0.25, -0.2) is 0 Å². The summed E-state index contributed by atoms with van der Waals surface area (Å²) in [5.74, 6) is 0. The third kappa shape index (κ3) is 5.65. The molecule has 0 fully saturated rings. The molecule has 0 bridgehead atoms. The lowest BCUT2D eigenvalue weighted by Crippen LogP contribution is -1.85. The molecule has 21 heavy (non-hydrogen) atoms. The van der Waals surface area contributed by atoms with Crippen molar-refractivity contribution in [3.8, 4) is 0 Å². The van der Waals surface area contributed by atoms with Gasteiger partial charge >= 0.3 is 0 Å². The molecule has 0 amide bonds. The van der Waals surface area contributed by atoms with Crippen LogP contribution < -0.4 is 0 Å². The van der Waals surface area contributed by atoms with E-state index < -0.39 is 0 Å². The zero-order chi connectivity index (χ0) is 15.8. The molecule has 1 aromatic carbocycles. The Balaban J connectivity index is 2.82. The second-order valence-corrected chi connectivity index (χ2v) is 6.02. The third-order valence-corrected chi connectivity index (χ3v) is 4.28. The van der Waals surface area contributed by atoms with E-state index in [9.17, 15) is 0 Å². The largest absolute Gasteiger partial charge is 0.0978 e. The Hall–Kier alpha value is -1.73. The third-order valence-electron chi connectivity index (χ3n) is 3.29. The second-order valence-electron chi connectivity index (χ2n) is 5.06. The Morgan fingerprint density at radius 1 is 1.00 bits per heavy atom. The van der Waals surface area contributed by atoms with E-state index in [1.54, 1.807) is 11.8 Å². The van der Waals surface area contributed by atoms with Crippen LogP contribution in [0.25, 0.3) is 4.91 Å². The van der Waals surface area contributed by atoms with Gasteiger partial charge in [-0.2, -0.15) is 0 Å². The van der Waals surface area contributed by atoms with E-state index in [0.717, 1.165) is 10.5 Å². The zero-order valence-electron chi connectivity index (χ0n) is 13.4. The Kier molecular flexibility index (Phi) is 7.04. The molecule has 0 unspecified atom stereocenters. The minimum atomic E-state index is 1.06. The molecule has 0 atom stereocenters. The van der Waals surface area contributed by atoms with Gasteiger partial charge in [0.15, 0.2) is 0 Å². The minimum absolute atomic E-state index is 1.06. The number of benzene rings is 1. The first kappa shape index (κ1) is 17.3. The van der Waals surface area contributed by atoms with Gasteiger partial charge in [-0.05, 0) is 55.4 Å². The quantitative estimate of drug-likeness (QED) is 0.522. The van der Waals surface area contributed by atoms with Crippen molar-refractivity contribution in [3.63, 3.8) is 0 Å². The van der Waals surface area contributed by atoms with Crippen LogP contribution >= 0.6 is 11.8 Å². The van der Waals surface area contributed by atoms with Crippen LogP contribution in [0.5, 0.6) is 0 Å². The van der Waals surface area contributed by atoms with Crippen LogP contribution in [-0.2, 0) is 0 Å². The van der Waals surface area contributed by atoms with Crippen molar-refractivity contribution in [1.29, 1.82) is 0 Å². The average Bonchev–Trinajstić information content (AvgIpc) is 2.50. The summed E-state index contributed by atoms with van der Waals surface area (Å²) in [6.45, 7) is 16.4. The Bertz CT molecular complexity index is 598. The highest BCUT2D eigenvalue weighted by Crippen LogP contribution is 2.29. The highest BCUT2D eigenvalue weighted by Gasteiger charge is 2.00. The molecule has 0 aliphatic heterocycles. The molecule has 0 radical (unpaired) electrons. The lowest BCUT2D eigenvalue weighted by atomic mass is 10.0. The van der Waals surface area contributed by atoms with E-state index in [2.05, 4.69) is 63.6 Å². The van der Waals surface area contributed by atoms with Crippen molar-refractivity contribution in [1.82, 2.24) is 0 Å². The molecule has 1 rings (SSSR count). The molecule has 0 heterocycles. The van der Waals surface area contributed by atoms with E-state index in [0.29, 0.717) is 0 Å². The first-order valence-electron chi connectivity index (χ1n) is 7.04. The molecule has 0 aromatic heterocycles. The molecule has 0 saturated carbocycles. The van der Waals surface area contributed by atoms with Gasteiger partial charge in [0.25, 0.3) is 0 Å². The Labute approximate surface area is 133 Å². The summed E-state index contributed by atoms with van der Waals surface area (Å²) in [5.41, 5.74) is 5.94. The van der Waals surface area contributed by atoms with Crippen molar-refractivity contribution in [2.24, 2.45) is 0 Å². The molecule has 0 aliphatic rings. The molecule has 1 heteroatoms. The molecule has 110 valence electrons. The van der Waals surface area contributed by atoms with Crippen molar-refractivity contribution in [2.75, 3.05) is 0 Å². The normalized spacial score (nSPS) is 13.2. The summed E-state index contributed by atoms with van der Waals surface area (Å²) in [6.07, 6.45) is 4.31. The van der Waals surface area contributed by atoms with Crippen LogP contribution in [0.1, 0.15) is 33.3 Å². The second kappa shape index (κ2) is 8.53. The number of hydrogen-bond acceptors (Lipinski definition) is 1. The van der Waals surface area contributed by atoms with Gasteiger partial charge < -0.3 is 0 Å². The maximum atomic E-state index is 4.14. The molecule has 0 nitrogen and oxygen atoms in total. The molecule has 0 aliphatic carbocycles. The van der Waals surface area contributed by atoms with Crippen LogP contribution in [0.3, 0.4) is 0 Å². The van der Waals surface area contributed by atoms with Gasteiger partial charge in [-0.15, -0.1) is 0 Å². The number of rotatable bonds is 6. The predicted octanol–water partition coefficient (Wildman–Crippen LogP) is 6.76.